The molecule has 5 nitrogen and oxygen atoms in total. The molecule has 1 fully saturated rings. The first-order chi connectivity index (χ1) is 12.6. The molecule has 1 N–H and O–H groups in total. The summed E-state index contributed by atoms with van der Waals surface area (Å²) < 4.78 is 11.5. The molecular formula is C21H28N2O3. The summed E-state index contributed by atoms with van der Waals surface area (Å²) >= 11 is 0. The SMILES string of the molecule is CCCOc1ccc(NC(=O)C2(OC)CCC(C)CC2)c2cccnc12. The molecule has 2 aromatic rings. The van der Waals surface area contributed by atoms with Crippen LogP contribution in [0.4, 0.5) is 5.69 Å². The number of fused-ring (bicyclic) bond motifs is 1. The lowest BCUT2D eigenvalue weighted by Gasteiger charge is -2.36. The quantitative estimate of drug-likeness (QED) is 0.824. The maximum Gasteiger partial charge on any atom is 0.256 e. The summed E-state index contributed by atoms with van der Waals surface area (Å²) in [6.07, 6.45) is 6.20. The Morgan fingerprint density at radius 2 is 2.08 bits per heavy atom. The van der Waals surface area contributed by atoms with Crippen LogP contribution in [0.1, 0.15) is 46.0 Å². The Bertz CT molecular complexity index is 767. The Kier molecular flexibility index (Phi) is 5.77. The van der Waals surface area contributed by atoms with Gasteiger partial charge in [-0.2, -0.15) is 0 Å². The summed E-state index contributed by atoms with van der Waals surface area (Å²) in [6, 6.07) is 7.60. The largest absolute Gasteiger partial charge is 0.491 e. The van der Waals surface area contributed by atoms with E-state index in [1.165, 1.54) is 0 Å². The van der Waals surface area contributed by atoms with Crippen LogP contribution in [-0.4, -0.2) is 30.2 Å². The number of methoxy groups -OCH3 is 1. The number of hydrogen-bond donors (Lipinski definition) is 1. The molecule has 0 atom stereocenters. The highest BCUT2D eigenvalue weighted by molar-refractivity contribution is 6.05. The van der Waals surface area contributed by atoms with Crippen molar-refractivity contribution < 1.29 is 14.3 Å². The Hall–Kier alpha value is -2.14. The van der Waals surface area contributed by atoms with Crippen molar-refractivity contribution in [3.05, 3.63) is 30.5 Å². The van der Waals surface area contributed by atoms with E-state index >= 15 is 0 Å². The third kappa shape index (κ3) is 3.68. The van der Waals surface area contributed by atoms with Crippen molar-refractivity contribution in [1.29, 1.82) is 0 Å². The maximum absolute atomic E-state index is 13.0. The minimum Gasteiger partial charge on any atom is -0.491 e. The summed E-state index contributed by atoms with van der Waals surface area (Å²) in [7, 11) is 1.64. The minimum absolute atomic E-state index is 0.0701. The van der Waals surface area contributed by atoms with Crippen molar-refractivity contribution in [2.24, 2.45) is 5.92 Å². The van der Waals surface area contributed by atoms with E-state index in [2.05, 4.69) is 24.1 Å². The van der Waals surface area contributed by atoms with Crippen molar-refractivity contribution in [2.75, 3.05) is 19.0 Å². The van der Waals surface area contributed by atoms with Gasteiger partial charge in [0.05, 0.1) is 12.3 Å². The zero-order valence-electron chi connectivity index (χ0n) is 15.9. The fraction of sp³-hybridized carbons (Fsp3) is 0.524. The zero-order chi connectivity index (χ0) is 18.6. The van der Waals surface area contributed by atoms with Crippen molar-refractivity contribution >= 4 is 22.5 Å². The van der Waals surface area contributed by atoms with Gasteiger partial charge in [0.15, 0.2) is 0 Å². The Labute approximate surface area is 155 Å². The average molecular weight is 356 g/mol. The number of aromatic nitrogens is 1. The van der Waals surface area contributed by atoms with Gasteiger partial charge in [-0.3, -0.25) is 9.78 Å². The lowest BCUT2D eigenvalue weighted by Crippen LogP contribution is -2.47. The van der Waals surface area contributed by atoms with Crippen LogP contribution in [0.3, 0.4) is 0 Å². The maximum atomic E-state index is 13.0. The van der Waals surface area contributed by atoms with Gasteiger partial charge >= 0.3 is 0 Å². The van der Waals surface area contributed by atoms with E-state index in [1.807, 2.05) is 24.3 Å². The predicted molar refractivity (Wildman–Crippen MR) is 104 cm³/mol. The van der Waals surface area contributed by atoms with E-state index in [4.69, 9.17) is 9.47 Å². The molecule has 140 valence electrons. The molecule has 26 heavy (non-hydrogen) atoms. The molecule has 0 saturated heterocycles. The van der Waals surface area contributed by atoms with Crippen molar-refractivity contribution in [3.63, 3.8) is 0 Å². The number of anilines is 1. The van der Waals surface area contributed by atoms with Crippen LogP contribution in [0.15, 0.2) is 30.5 Å². The zero-order valence-corrected chi connectivity index (χ0v) is 15.9. The number of rotatable bonds is 6. The Morgan fingerprint density at radius 1 is 1.31 bits per heavy atom. The van der Waals surface area contributed by atoms with Crippen molar-refractivity contribution in [2.45, 2.75) is 51.6 Å². The molecule has 1 saturated carbocycles. The summed E-state index contributed by atoms with van der Waals surface area (Å²) in [5.74, 6) is 1.32. The molecule has 1 aromatic carbocycles. The average Bonchev–Trinajstić information content (AvgIpc) is 2.68. The number of ether oxygens (including phenoxy) is 2. The smallest absolute Gasteiger partial charge is 0.256 e. The van der Waals surface area contributed by atoms with Gasteiger partial charge in [-0.05, 0) is 62.3 Å². The lowest BCUT2D eigenvalue weighted by molar-refractivity contribution is -0.142. The van der Waals surface area contributed by atoms with Crippen LogP contribution in [-0.2, 0) is 9.53 Å². The third-order valence-electron chi connectivity index (χ3n) is 5.33. The van der Waals surface area contributed by atoms with Crippen LogP contribution >= 0.6 is 0 Å². The first-order valence-corrected chi connectivity index (χ1v) is 9.47. The van der Waals surface area contributed by atoms with Gasteiger partial charge in [-0.15, -0.1) is 0 Å². The van der Waals surface area contributed by atoms with Gasteiger partial charge in [-0.1, -0.05) is 13.8 Å². The Morgan fingerprint density at radius 3 is 2.77 bits per heavy atom. The molecule has 5 heteroatoms. The lowest BCUT2D eigenvalue weighted by atomic mass is 9.79. The highest BCUT2D eigenvalue weighted by Crippen LogP contribution is 2.36. The van der Waals surface area contributed by atoms with E-state index < -0.39 is 5.60 Å². The molecule has 1 amide bonds. The molecule has 1 aliphatic rings. The van der Waals surface area contributed by atoms with Gasteiger partial charge in [0, 0.05) is 18.7 Å². The highest BCUT2D eigenvalue weighted by atomic mass is 16.5. The molecule has 0 radical (unpaired) electrons. The van der Waals surface area contributed by atoms with Crippen molar-refractivity contribution in [3.8, 4) is 5.75 Å². The molecule has 3 rings (SSSR count). The summed E-state index contributed by atoms with van der Waals surface area (Å²) in [6.45, 7) is 4.94. The van der Waals surface area contributed by atoms with E-state index in [0.29, 0.717) is 12.5 Å². The second-order valence-electron chi connectivity index (χ2n) is 7.19. The number of pyridine rings is 1. The van der Waals surface area contributed by atoms with Crippen LogP contribution < -0.4 is 10.1 Å². The summed E-state index contributed by atoms with van der Waals surface area (Å²) in [4.78, 5) is 17.5. The van der Waals surface area contributed by atoms with Crippen LogP contribution in [0.2, 0.25) is 0 Å². The van der Waals surface area contributed by atoms with Crippen LogP contribution in [0.25, 0.3) is 10.9 Å². The highest BCUT2D eigenvalue weighted by Gasteiger charge is 2.41. The van der Waals surface area contributed by atoms with Gasteiger partial charge in [-0.25, -0.2) is 0 Å². The number of benzene rings is 1. The first-order valence-electron chi connectivity index (χ1n) is 9.47. The normalized spacial score (nSPS) is 23.0. The van der Waals surface area contributed by atoms with Crippen molar-refractivity contribution in [1.82, 2.24) is 4.98 Å². The fourth-order valence-electron chi connectivity index (χ4n) is 3.57. The molecule has 1 heterocycles. The molecule has 1 aliphatic carbocycles. The predicted octanol–water partition coefficient (Wildman–Crippen LogP) is 4.56. The number of carbonyl (C=O) groups is 1. The third-order valence-corrected chi connectivity index (χ3v) is 5.33. The van der Waals surface area contributed by atoms with E-state index in [9.17, 15) is 4.79 Å². The minimum atomic E-state index is -0.738. The van der Waals surface area contributed by atoms with Crippen LogP contribution in [0.5, 0.6) is 5.75 Å². The van der Waals surface area contributed by atoms with Gasteiger partial charge in [0.25, 0.3) is 5.91 Å². The van der Waals surface area contributed by atoms with Gasteiger partial charge in [0.1, 0.15) is 16.9 Å². The van der Waals surface area contributed by atoms with E-state index in [1.54, 1.807) is 13.3 Å². The number of nitrogens with one attached hydrogen (secondary N) is 1. The second-order valence-corrected chi connectivity index (χ2v) is 7.19. The summed E-state index contributed by atoms with van der Waals surface area (Å²) in [5.41, 5.74) is 0.776. The van der Waals surface area contributed by atoms with E-state index in [-0.39, 0.29) is 5.91 Å². The molecule has 1 aromatic heterocycles. The molecule has 0 bridgehead atoms. The fourth-order valence-corrected chi connectivity index (χ4v) is 3.57. The van der Waals surface area contributed by atoms with Crippen LogP contribution in [0, 0.1) is 5.92 Å². The first kappa shape index (κ1) is 18.6. The summed E-state index contributed by atoms with van der Waals surface area (Å²) in [5, 5.41) is 3.96. The monoisotopic (exact) mass is 356 g/mol. The topological polar surface area (TPSA) is 60.5 Å². The number of nitrogens with zero attached hydrogens (tertiary/aromatic N) is 1. The molecule has 0 unspecified atom stereocenters. The number of carbonyl (C=O) groups excluding carboxylic acids is 1. The Balaban J connectivity index is 1.87. The molecular weight excluding hydrogens is 328 g/mol. The number of hydrogen-bond acceptors (Lipinski definition) is 4. The standard InChI is InChI=1S/C21H28N2O3/c1-4-14-26-18-8-7-17(16-6-5-13-22-19(16)18)23-20(24)21(25-3)11-9-15(2)10-12-21/h5-8,13,15H,4,9-12,14H2,1-3H3,(H,23,24). The molecule has 0 spiro atoms. The van der Waals surface area contributed by atoms with Gasteiger partial charge < -0.3 is 14.8 Å². The molecule has 0 aliphatic heterocycles. The van der Waals surface area contributed by atoms with E-state index in [0.717, 1.165) is 54.4 Å². The van der Waals surface area contributed by atoms with Gasteiger partial charge in [0.2, 0.25) is 0 Å². The number of amides is 1. The second kappa shape index (κ2) is 8.04.